The molecule has 3 aromatic carbocycles. The molecule has 0 spiro atoms. The summed E-state index contributed by atoms with van der Waals surface area (Å²) in [5, 5.41) is 0.573. The molecule has 0 aliphatic rings. The predicted molar refractivity (Wildman–Crippen MR) is 133 cm³/mol. The molecule has 0 radical (unpaired) electrons. The Kier molecular flexibility index (Phi) is 6.61. The van der Waals surface area contributed by atoms with E-state index in [-0.39, 0.29) is 11.8 Å². The Hall–Kier alpha value is -3.83. The van der Waals surface area contributed by atoms with Gasteiger partial charge < -0.3 is 4.98 Å². The molecule has 0 aliphatic carbocycles. The highest BCUT2D eigenvalue weighted by molar-refractivity contribution is 6.30. The van der Waals surface area contributed by atoms with Crippen molar-refractivity contribution in [2.24, 2.45) is 0 Å². The second-order valence-corrected chi connectivity index (χ2v) is 8.23. The highest BCUT2D eigenvalue weighted by Gasteiger charge is 2.23. The van der Waals surface area contributed by atoms with E-state index in [1.54, 1.807) is 47.2 Å². The fraction of sp³-hybridized carbons (Fsp3) is 0.111. The van der Waals surface area contributed by atoms with Gasteiger partial charge in [-0.05, 0) is 73.2 Å². The first-order valence-electron chi connectivity index (χ1n) is 10.6. The number of amides is 2. The number of hydrogen-bond donors (Lipinski definition) is 1. The van der Waals surface area contributed by atoms with Crippen LogP contribution in [0.3, 0.4) is 0 Å². The van der Waals surface area contributed by atoms with Gasteiger partial charge in [-0.3, -0.25) is 14.6 Å². The molecular formula is C27H24ClN3O2. The maximum Gasteiger partial charge on any atom is 0.329 e. The summed E-state index contributed by atoms with van der Waals surface area (Å²) in [4.78, 5) is 33.2. The van der Waals surface area contributed by atoms with Crippen LogP contribution in [0.4, 0.5) is 16.2 Å². The molecule has 1 N–H and O–H groups in total. The molecule has 1 aromatic heterocycles. The van der Waals surface area contributed by atoms with Crippen LogP contribution in [0.1, 0.15) is 27.2 Å². The summed E-state index contributed by atoms with van der Waals surface area (Å²) in [5.74, 6) is -0.116. The van der Waals surface area contributed by atoms with Gasteiger partial charge in [0.2, 0.25) is 0 Å². The van der Waals surface area contributed by atoms with Gasteiger partial charge >= 0.3 is 6.03 Å². The maximum absolute atomic E-state index is 13.6. The number of para-hydroxylation sites is 1. The molecule has 4 aromatic rings. The number of aryl methyl sites for hydroxylation is 1. The molecule has 0 aliphatic heterocycles. The molecule has 6 heteroatoms. The third-order valence-electron chi connectivity index (χ3n) is 5.54. The third kappa shape index (κ3) is 4.99. The van der Waals surface area contributed by atoms with Crippen molar-refractivity contribution in [3.63, 3.8) is 0 Å². The van der Waals surface area contributed by atoms with E-state index >= 15 is 0 Å². The first-order chi connectivity index (χ1) is 15.9. The molecule has 0 unspecified atom stereocenters. The van der Waals surface area contributed by atoms with Crippen molar-refractivity contribution >= 4 is 34.8 Å². The molecule has 1 heterocycles. The van der Waals surface area contributed by atoms with Crippen LogP contribution in [0.2, 0.25) is 5.02 Å². The number of urea groups is 1. The minimum atomic E-state index is -0.204. The third-order valence-corrected chi connectivity index (χ3v) is 5.79. The Morgan fingerprint density at radius 3 is 2.27 bits per heavy atom. The van der Waals surface area contributed by atoms with Gasteiger partial charge in [-0.25, -0.2) is 4.79 Å². The minimum absolute atomic E-state index is 0.116. The number of ketones is 1. The molecule has 2 amide bonds. The van der Waals surface area contributed by atoms with Crippen molar-refractivity contribution in [3.8, 4) is 0 Å². The van der Waals surface area contributed by atoms with E-state index in [1.807, 2.05) is 67.7 Å². The summed E-state index contributed by atoms with van der Waals surface area (Å²) in [6.07, 6.45) is 1.82. The zero-order chi connectivity index (χ0) is 23.4. The van der Waals surface area contributed by atoms with Crippen molar-refractivity contribution in [2.45, 2.75) is 13.5 Å². The lowest BCUT2D eigenvalue weighted by atomic mass is 9.98. The predicted octanol–water partition coefficient (Wildman–Crippen LogP) is 6.47. The second-order valence-electron chi connectivity index (χ2n) is 7.79. The molecule has 0 bridgehead atoms. The number of nitrogens with zero attached hydrogens (tertiary/aromatic N) is 2. The van der Waals surface area contributed by atoms with Gasteiger partial charge in [-0.2, -0.15) is 0 Å². The lowest BCUT2D eigenvalue weighted by molar-refractivity contribution is 0.103. The minimum Gasteiger partial charge on any atom is -0.364 e. The molecule has 0 saturated carbocycles. The van der Waals surface area contributed by atoms with Gasteiger partial charge in [0.25, 0.3) is 0 Å². The topological polar surface area (TPSA) is 56.4 Å². The summed E-state index contributed by atoms with van der Waals surface area (Å²) < 4.78 is 0. The van der Waals surface area contributed by atoms with E-state index in [1.165, 1.54) is 0 Å². The summed E-state index contributed by atoms with van der Waals surface area (Å²) in [5.41, 5.74) is 4.23. The van der Waals surface area contributed by atoms with Crippen LogP contribution in [0.25, 0.3) is 0 Å². The number of benzene rings is 3. The zero-order valence-electron chi connectivity index (χ0n) is 18.5. The quantitative estimate of drug-likeness (QED) is 0.337. The van der Waals surface area contributed by atoms with Gasteiger partial charge in [-0.15, -0.1) is 0 Å². The highest BCUT2D eigenvalue weighted by Crippen LogP contribution is 2.26. The number of halogens is 1. The number of rotatable bonds is 6. The van der Waals surface area contributed by atoms with Crippen LogP contribution in [0, 0.1) is 6.92 Å². The first-order valence-corrected chi connectivity index (χ1v) is 11.0. The van der Waals surface area contributed by atoms with Crippen molar-refractivity contribution in [2.75, 3.05) is 16.8 Å². The summed E-state index contributed by atoms with van der Waals surface area (Å²) in [6.45, 7) is 2.22. The molecule has 0 fully saturated rings. The van der Waals surface area contributed by atoms with E-state index in [0.29, 0.717) is 28.4 Å². The summed E-state index contributed by atoms with van der Waals surface area (Å²) >= 11 is 5.98. The van der Waals surface area contributed by atoms with Crippen LogP contribution in [-0.4, -0.2) is 23.8 Å². The molecule has 33 heavy (non-hydrogen) atoms. The normalized spacial score (nSPS) is 10.6. The van der Waals surface area contributed by atoms with E-state index in [2.05, 4.69) is 4.98 Å². The van der Waals surface area contributed by atoms with Gasteiger partial charge in [0, 0.05) is 46.5 Å². The average Bonchev–Trinajstić information content (AvgIpc) is 3.36. The number of nitrogens with one attached hydrogen (secondary N) is 1. The number of anilines is 2. The van der Waals surface area contributed by atoms with E-state index < -0.39 is 0 Å². The van der Waals surface area contributed by atoms with Gasteiger partial charge in [0.1, 0.15) is 0 Å². The smallest absolute Gasteiger partial charge is 0.329 e. The Bertz CT molecular complexity index is 1250. The molecule has 4 rings (SSSR count). The highest BCUT2D eigenvalue weighted by atomic mass is 35.5. The molecule has 0 atom stereocenters. The monoisotopic (exact) mass is 457 g/mol. The Morgan fingerprint density at radius 1 is 0.879 bits per heavy atom. The van der Waals surface area contributed by atoms with Crippen LogP contribution in [0.5, 0.6) is 0 Å². The van der Waals surface area contributed by atoms with Crippen molar-refractivity contribution in [1.82, 2.24) is 4.98 Å². The standard InChI is InChI=1S/C27H24ClN3O2/c1-19-10-15-24(17-25(19)26(32)20-11-13-21(28)14-12-20)31(18-22-7-6-16-29-22)27(33)30(2)23-8-4-3-5-9-23/h3-17,29H,18H2,1-2H3. The van der Waals surface area contributed by atoms with Crippen LogP contribution >= 0.6 is 11.6 Å². The van der Waals surface area contributed by atoms with Gasteiger partial charge in [0.15, 0.2) is 5.78 Å². The Labute approximate surface area is 198 Å². The summed E-state index contributed by atoms with van der Waals surface area (Å²) in [6, 6.07) is 25.4. The lowest BCUT2D eigenvalue weighted by Gasteiger charge is -2.28. The molecule has 5 nitrogen and oxygen atoms in total. The SMILES string of the molecule is Cc1ccc(N(Cc2ccc[nH]2)C(=O)N(C)c2ccccc2)cc1C(=O)c1ccc(Cl)cc1. The van der Waals surface area contributed by atoms with E-state index in [0.717, 1.165) is 16.9 Å². The fourth-order valence-corrected chi connectivity index (χ4v) is 3.75. The van der Waals surface area contributed by atoms with Crippen molar-refractivity contribution in [3.05, 3.63) is 119 Å². The molecular weight excluding hydrogens is 434 g/mol. The largest absolute Gasteiger partial charge is 0.364 e. The molecule has 0 saturated heterocycles. The summed E-state index contributed by atoms with van der Waals surface area (Å²) in [7, 11) is 1.74. The second kappa shape index (κ2) is 9.76. The van der Waals surface area contributed by atoms with E-state index in [4.69, 9.17) is 11.6 Å². The zero-order valence-corrected chi connectivity index (χ0v) is 19.2. The Morgan fingerprint density at radius 2 is 1.61 bits per heavy atom. The Balaban J connectivity index is 1.72. The lowest BCUT2D eigenvalue weighted by Crippen LogP contribution is -2.41. The van der Waals surface area contributed by atoms with Crippen LogP contribution < -0.4 is 9.80 Å². The average molecular weight is 458 g/mol. The van der Waals surface area contributed by atoms with Crippen molar-refractivity contribution < 1.29 is 9.59 Å². The number of aromatic amines is 1. The van der Waals surface area contributed by atoms with Crippen LogP contribution in [0.15, 0.2) is 91.1 Å². The van der Waals surface area contributed by atoms with Crippen LogP contribution in [-0.2, 0) is 6.54 Å². The van der Waals surface area contributed by atoms with Crippen molar-refractivity contribution in [1.29, 1.82) is 0 Å². The maximum atomic E-state index is 13.6. The number of aromatic nitrogens is 1. The first kappa shape index (κ1) is 22.4. The van der Waals surface area contributed by atoms with E-state index in [9.17, 15) is 9.59 Å². The number of hydrogen-bond acceptors (Lipinski definition) is 2. The number of carbonyl (C=O) groups excluding carboxylic acids is 2. The number of H-pyrrole nitrogens is 1. The molecule has 166 valence electrons. The number of carbonyl (C=O) groups is 2. The van der Waals surface area contributed by atoms with Gasteiger partial charge in [0.05, 0.1) is 6.54 Å². The fourth-order valence-electron chi connectivity index (χ4n) is 3.63. The van der Waals surface area contributed by atoms with Gasteiger partial charge in [-0.1, -0.05) is 35.9 Å².